The number of hydrogen-bond donors (Lipinski definition) is 0. The number of rotatable bonds is 6. The van der Waals surface area contributed by atoms with Crippen molar-refractivity contribution in [2.75, 3.05) is 0 Å². The lowest BCUT2D eigenvalue weighted by Crippen LogP contribution is -2.23. The molecule has 0 spiro atoms. The van der Waals surface area contributed by atoms with Crippen LogP contribution < -0.4 is 0 Å². The van der Waals surface area contributed by atoms with Gasteiger partial charge < -0.3 is 9.13 Å². The van der Waals surface area contributed by atoms with Gasteiger partial charge in [0, 0.05) is 41.3 Å². The fourth-order valence-electron chi connectivity index (χ4n) is 4.59. The van der Waals surface area contributed by atoms with E-state index in [9.17, 15) is 8.78 Å². The van der Waals surface area contributed by atoms with Crippen molar-refractivity contribution >= 4 is 0 Å². The van der Waals surface area contributed by atoms with E-state index in [0.717, 1.165) is 33.9 Å². The zero-order valence-corrected chi connectivity index (χ0v) is 21.3. The third kappa shape index (κ3) is 4.61. The van der Waals surface area contributed by atoms with Gasteiger partial charge in [-0.1, -0.05) is 0 Å². The van der Waals surface area contributed by atoms with Crippen LogP contribution in [0.4, 0.5) is 8.78 Å². The van der Waals surface area contributed by atoms with Crippen molar-refractivity contribution in [2.24, 2.45) is 0 Å². The highest BCUT2D eigenvalue weighted by molar-refractivity contribution is 5.71. The van der Waals surface area contributed by atoms with Crippen molar-refractivity contribution in [3.63, 3.8) is 0 Å². The summed E-state index contributed by atoms with van der Waals surface area (Å²) in [7, 11) is 0. The molecule has 0 atom stereocenters. The van der Waals surface area contributed by atoms with Crippen LogP contribution in [-0.4, -0.2) is 29.1 Å². The molecule has 0 saturated heterocycles. The van der Waals surface area contributed by atoms with Crippen LogP contribution in [-0.2, 0) is 5.41 Å². The summed E-state index contributed by atoms with van der Waals surface area (Å²) >= 11 is 0. The molecular formula is C31H24F2N6. The summed E-state index contributed by atoms with van der Waals surface area (Å²) in [5.74, 6) is -0.621. The Morgan fingerprint density at radius 1 is 0.564 bits per heavy atom. The van der Waals surface area contributed by atoms with Gasteiger partial charge in [-0.3, -0.25) is 0 Å². The molecule has 0 fully saturated rings. The van der Waals surface area contributed by atoms with Gasteiger partial charge in [-0.05, 0) is 86.6 Å². The number of hydrogen-bond acceptors (Lipinski definition) is 4. The van der Waals surface area contributed by atoms with Crippen molar-refractivity contribution in [1.29, 1.82) is 0 Å². The van der Waals surface area contributed by atoms with Crippen LogP contribution in [0, 0.1) is 11.6 Å². The fourth-order valence-corrected chi connectivity index (χ4v) is 4.59. The molecule has 6 aromatic rings. The van der Waals surface area contributed by atoms with Crippen LogP contribution in [0.15, 0.2) is 110 Å². The Morgan fingerprint density at radius 2 is 0.974 bits per heavy atom. The minimum atomic E-state index is -0.607. The first-order chi connectivity index (χ1) is 18.9. The number of nitrogens with zero attached hydrogens (tertiary/aromatic N) is 6. The summed E-state index contributed by atoms with van der Waals surface area (Å²) < 4.78 is 31.2. The van der Waals surface area contributed by atoms with Gasteiger partial charge in [0.25, 0.3) is 0 Å². The van der Waals surface area contributed by atoms with E-state index in [0.29, 0.717) is 11.4 Å². The smallest absolute Gasteiger partial charge is 0.123 e. The van der Waals surface area contributed by atoms with E-state index < -0.39 is 5.41 Å². The predicted octanol–water partition coefficient (Wildman–Crippen LogP) is 6.79. The van der Waals surface area contributed by atoms with Crippen LogP contribution >= 0.6 is 0 Å². The van der Waals surface area contributed by atoms with Crippen molar-refractivity contribution in [1.82, 2.24) is 29.1 Å². The summed E-state index contributed by atoms with van der Waals surface area (Å²) in [6, 6.07) is 20.5. The Labute approximate surface area is 224 Å². The maximum absolute atomic E-state index is 13.7. The Hall–Kier alpha value is -4.98. The summed E-state index contributed by atoms with van der Waals surface area (Å²) in [5.41, 5.74) is 5.60. The number of halogens is 2. The predicted molar refractivity (Wildman–Crippen MR) is 146 cm³/mol. The van der Waals surface area contributed by atoms with Crippen molar-refractivity contribution in [2.45, 2.75) is 19.3 Å². The average molecular weight is 519 g/mol. The van der Waals surface area contributed by atoms with Crippen LogP contribution in [0.3, 0.4) is 0 Å². The van der Waals surface area contributed by atoms with Gasteiger partial charge in [-0.25, -0.2) is 28.7 Å². The third-order valence-electron chi connectivity index (χ3n) is 6.83. The Bertz CT molecular complexity index is 1590. The minimum absolute atomic E-state index is 0.310. The minimum Gasteiger partial charge on any atom is -0.304 e. The van der Waals surface area contributed by atoms with Crippen molar-refractivity contribution < 1.29 is 8.78 Å². The second kappa shape index (κ2) is 9.72. The molecular weight excluding hydrogens is 494 g/mol. The standard InChI is InChI=1S/C31H24F2N6/c1-31(2,27-13-11-25(38-17-15-34-19-38)29(36-27)21-3-7-23(32)8-4-21)28-14-12-26(39-18-16-35-20-39)30(37-28)22-5-9-24(33)10-6-22/h3-20H,1-2H3. The van der Waals surface area contributed by atoms with E-state index >= 15 is 0 Å². The molecule has 0 aliphatic rings. The Kier molecular flexibility index (Phi) is 6.07. The van der Waals surface area contributed by atoms with Crippen LogP contribution in [0.2, 0.25) is 0 Å². The summed E-state index contributed by atoms with van der Waals surface area (Å²) in [6.07, 6.45) is 10.5. The molecule has 8 heteroatoms. The number of imidazole rings is 2. The van der Waals surface area contributed by atoms with E-state index in [-0.39, 0.29) is 11.6 Å². The zero-order valence-electron chi connectivity index (χ0n) is 21.3. The van der Waals surface area contributed by atoms with Gasteiger partial charge in [-0.15, -0.1) is 0 Å². The van der Waals surface area contributed by atoms with Crippen LogP contribution in [0.25, 0.3) is 33.9 Å². The molecule has 39 heavy (non-hydrogen) atoms. The second-order valence-electron chi connectivity index (χ2n) is 9.71. The van der Waals surface area contributed by atoms with E-state index in [1.165, 1.54) is 24.3 Å². The van der Waals surface area contributed by atoms with Crippen molar-refractivity contribution in [3.05, 3.63) is 133 Å². The van der Waals surface area contributed by atoms with Crippen LogP contribution in [0.1, 0.15) is 25.2 Å². The average Bonchev–Trinajstić information content (AvgIpc) is 3.69. The van der Waals surface area contributed by atoms with Gasteiger partial charge in [0.15, 0.2) is 0 Å². The molecule has 0 aliphatic heterocycles. The SMILES string of the molecule is CC(C)(c1ccc(-n2ccnc2)c(-c2ccc(F)cc2)n1)c1ccc(-n2ccnc2)c(-c2ccc(F)cc2)n1. The van der Waals surface area contributed by atoms with E-state index in [4.69, 9.17) is 9.97 Å². The molecule has 2 aromatic carbocycles. The maximum atomic E-state index is 13.7. The molecule has 6 rings (SSSR count). The van der Waals surface area contributed by atoms with Crippen molar-refractivity contribution in [3.8, 4) is 33.9 Å². The highest BCUT2D eigenvalue weighted by atomic mass is 19.1. The van der Waals surface area contributed by atoms with Gasteiger partial charge in [0.1, 0.15) is 11.6 Å². The second-order valence-corrected chi connectivity index (χ2v) is 9.71. The molecule has 0 radical (unpaired) electrons. The fraction of sp³-hybridized carbons (Fsp3) is 0.0968. The molecule has 0 N–H and O–H groups in total. The van der Waals surface area contributed by atoms with Gasteiger partial charge >= 0.3 is 0 Å². The normalized spacial score (nSPS) is 11.6. The summed E-state index contributed by atoms with van der Waals surface area (Å²) in [4.78, 5) is 18.5. The topological polar surface area (TPSA) is 61.4 Å². The molecule has 0 amide bonds. The quantitative estimate of drug-likeness (QED) is 0.244. The lowest BCUT2D eigenvalue weighted by Gasteiger charge is -2.26. The monoisotopic (exact) mass is 518 g/mol. The first-order valence-corrected chi connectivity index (χ1v) is 12.4. The lowest BCUT2D eigenvalue weighted by molar-refractivity contribution is 0.596. The van der Waals surface area contributed by atoms with Gasteiger partial charge in [0.05, 0.1) is 46.8 Å². The highest BCUT2D eigenvalue weighted by Crippen LogP contribution is 2.35. The summed E-state index contributed by atoms with van der Waals surface area (Å²) in [5, 5.41) is 0. The molecule has 0 aliphatic carbocycles. The number of benzene rings is 2. The van der Waals surface area contributed by atoms with Gasteiger partial charge in [-0.2, -0.15) is 0 Å². The molecule has 192 valence electrons. The zero-order chi connectivity index (χ0) is 27.0. The van der Waals surface area contributed by atoms with Crippen LogP contribution in [0.5, 0.6) is 0 Å². The first kappa shape index (κ1) is 24.4. The largest absolute Gasteiger partial charge is 0.304 e. The molecule has 4 heterocycles. The summed E-state index contributed by atoms with van der Waals surface area (Å²) in [6.45, 7) is 4.13. The first-order valence-electron chi connectivity index (χ1n) is 12.4. The van der Waals surface area contributed by atoms with E-state index in [2.05, 4.69) is 23.8 Å². The third-order valence-corrected chi connectivity index (χ3v) is 6.83. The molecule has 4 aromatic heterocycles. The molecule has 0 unspecified atom stereocenters. The number of aromatic nitrogens is 6. The van der Waals surface area contributed by atoms with Gasteiger partial charge in [0.2, 0.25) is 0 Å². The Morgan fingerprint density at radius 3 is 1.33 bits per heavy atom. The number of pyridine rings is 2. The van der Waals surface area contributed by atoms with E-state index in [1.807, 2.05) is 45.8 Å². The highest BCUT2D eigenvalue weighted by Gasteiger charge is 2.29. The lowest BCUT2D eigenvalue weighted by atomic mass is 9.84. The van der Waals surface area contributed by atoms with E-state index in [1.54, 1.807) is 49.3 Å². The molecule has 0 saturated carbocycles. The Balaban J connectivity index is 1.49. The molecule has 6 nitrogen and oxygen atoms in total. The maximum Gasteiger partial charge on any atom is 0.123 e. The molecule has 0 bridgehead atoms.